The van der Waals surface area contributed by atoms with Crippen LogP contribution in [-0.2, 0) is 0 Å². The summed E-state index contributed by atoms with van der Waals surface area (Å²) in [6.45, 7) is 0. The van der Waals surface area contributed by atoms with Crippen LogP contribution in [0.15, 0.2) is 48.7 Å². The van der Waals surface area contributed by atoms with Crippen LogP contribution < -0.4 is 5.73 Å². The first-order chi connectivity index (χ1) is 8.25. The fraction of sp³-hybridized carbons (Fsp3) is 0. The van der Waals surface area contributed by atoms with Crippen molar-refractivity contribution in [3.05, 3.63) is 65.5 Å². The van der Waals surface area contributed by atoms with Crippen molar-refractivity contribution in [2.75, 3.05) is 0 Å². The molecule has 17 heavy (non-hydrogen) atoms. The van der Waals surface area contributed by atoms with Gasteiger partial charge in [-0.05, 0) is 24.3 Å². The van der Waals surface area contributed by atoms with Crippen molar-refractivity contribution in [3.8, 4) is 11.8 Å². The second kappa shape index (κ2) is 4.95. The molecule has 0 aliphatic carbocycles. The number of pyridine rings is 1. The van der Waals surface area contributed by atoms with Gasteiger partial charge >= 0.3 is 0 Å². The highest BCUT2D eigenvalue weighted by molar-refractivity contribution is 5.90. The minimum absolute atomic E-state index is 0.246. The molecule has 0 atom stereocenters. The average Bonchev–Trinajstić information content (AvgIpc) is 2.38. The number of rotatable bonds is 1. The number of amides is 1. The summed E-state index contributed by atoms with van der Waals surface area (Å²) >= 11 is 0. The number of nitrogens with zero attached hydrogens (tertiary/aromatic N) is 1. The SMILES string of the molecule is NC(=O)c1ccc(C#Cc2ccccc2)cn1. The van der Waals surface area contributed by atoms with E-state index in [1.807, 2.05) is 30.3 Å². The van der Waals surface area contributed by atoms with Crippen molar-refractivity contribution in [2.45, 2.75) is 0 Å². The van der Waals surface area contributed by atoms with Gasteiger partial charge in [0.2, 0.25) is 0 Å². The minimum atomic E-state index is -0.535. The topological polar surface area (TPSA) is 56.0 Å². The lowest BCUT2D eigenvalue weighted by Gasteiger charge is -1.93. The molecular weight excluding hydrogens is 212 g/mol. The van der Waals surface area contributed by atoms with Crippen molar-refractivity contribution in [2.24, 2.45) is 5.73 Å². The van der Waals surface area contributed by atoms with Crippen molar-refractivity contribution < 1.29 is 4.79 Å². The molecule has 2 rings (SSSR count). The minimum Gasteiger partial charge on any atom is -0.364 e. The van der Waals surface area contributed by atoms with Crippen LogP contribution in [-0.4, -0.2) is 10.9 Å². The Labute approximate surface area is 99.3 Å². The third-order valence-corrected chi connectivity index (χ3v) is 2.14. The summed E-state index contributed by atoms with van der Waals surface area (Å²) in [4.78, 5) is 14.7. The molecule has 0 bridgehead atoms. The van der Waals surface area contributed by atoms with E-state index in [0.717, 1.165) is 11.1 Å². The van der Waals surface area contributed by atoms with E-state index in [4.69, 9.17) is 5.73 Å². The third-order valence-electron chi connectivity index (χ3n) is 2.14. The highest BCUT2D eigenvalue weighted by atomic mass is 16.1. The molecule has 0 radical (unpaired) electrons. The maximum atomic E-state index is 10.8. The smallest absolute Gasteiger partial charge is 0.267 e. The lowest BCUT2D eigenvalue weighted by molar-refractivity contribution is 0.0995. The zero-order valence-electron chi connectivity index (χ0n) is 9.05. The molecule has 2 aromatic rings. The van der Waals surface area contributed by atoms with E-state index in [0.29, 0.717) is 0 Å². The van der Waals surface area contributed by atoms with Crippen LogP contribution in [0, 0.1) is 11.8 Å². The van der Waals surface area contributed by atoms with Gasteiger partial charge in [-0.25, -0.2) is 4.98 Å². The zero-order valence-corrected chi connectivity index (χ0v) is 9.05. The van der Waals surface area contributed by atoms with Gasteiger partial charge in [0.05, 0.1) is 0 Å². The van der Waals surface area contributed by atoms with Gasteiger partial charge in [0.25, 0.3) is 5.91 Å². The second-order valence-electron chi connectivity index (χ2n) is 3.41. The first-order valence-electron chi connectivity index (χ1n) is 5.08. The molecule has 0 spiro atoms. The van der Waals surface area contributed by atoms with Gasteiger partial charge in [0.1, 0.15) is 5.69 Å². The Morgan fingerprint density at radius 1 is 1.00 bits per heavy atom. The van der Waals surface area contributed by atoms with E-state index in [-0.39, 0.29) is 5.69 Å². The van der Waals surface area contributed by atoms with Crippen LogP contribution in [0.1, 0.15) is 21.6 Å². The monoisotopic (exact) mass is 222 g/mol. The molecule has 1 aromatic carbocycles. The van der Waals surface area contributed by atoms with E-state index in [1.54, 1.807) is 12.1 Å². The molecule has 1 heterocycles. The molecular formula is C14H10N2O. The van der Waals surface area contributed by atoms with Crippen LogP contribution in [0.3, 0.4) is 0 Å². The fourth-order valence-corrected chi connectivity index (χ4v) is 1.28. The quantitative estimate of drug-likeness (QED) is 0.745. The number of hydrogen-bond acceptors (Lipinski definition) is 2. The Morgan fingerprint density at radius 3 is 2.29 bits per heavy atom. The predicted octanol–water partition coefficient (Wildman–Crippen LogP) is 1.58. The largest absolute Gasteiger partial charge is 0.364 e. The van der Waals surface area contributed by atoms with Crippen molar-refractivity contribution >= 4 is 5.91 Å². The van der Waals surface area contributed by atoms with Gasteiger partial charge in [-0.15, -0.1) is 0 Å². The third kappa shape index (κ3) is 2.93. The molecule has 82 valence electrons. The van der Waals surface area contributed by atoms with Crippen LogP contribution >= 0.6 is 0 Å². The van der Waals surface area contributed by atoms with E-state index >= 15 is 0 Å². The van der Waals surface area contributed by atoms with E-state index in [2.05, 4.69) is 16.8 Å². The predicted molar refractivity (Wildman–Crippen MR) is 65.2 cm³/mol. The molecule has 0 saturated carbocycles. The molecule has 1 amide bonds. The zero-order chi connectivity index (χ0) is 12.1. The number of hydrogen-bond donors (Lipinski definition) is 1. The Balaban J connectivity index is 2.20. The highest BCUT2D eigenvalue weighted by Crippen LogP contribution is 2.00. The lowest BCUT2D eigenvalue weighted by Crippen LogP contribution is -2.12. The van der Waals surface area contributed by atoms with Gasteiger partial charge in [-0.1, -0.05) is 30.0 Å². The molecule has 3 nitrogen and oxygen atoms in total. The number of primary amides is 1. The Kier molecular flexibility index (Phi) is 3.18. The summed E-state index contributed by atoms with van der Waals surface area (Å²) in [7, 11) is 0. The summed E-state index contributed by atoms with van der Waals surface area (Å²) in [6.07, 6.45) is 1.54. The molecule has 0 saturated heterocycles. The van der Waals surface area contributed by atoms with Crippen LogP contribution in [0.25, 0.3) is 0 Å². The number of aromatic nitrogens is 1. The summed E-state index contributed by atoms with van der Waals surface area (Å²) in [5, 5.41) is 0. The van der Waals surface area contributed by atoms with Crippen LogP contribution in [0.2, 0.25) is 0 Å². The Bertz CT molecular complexity index is 577. The van der Waals surface area contributed by atoms with E-state index in [1.165, 1.54) is 6.20 Å². The van der Waals surface area contributed by atoms with Gasteiger partial charge < -0.3 is 5.73 Å². The van der Waals surface area contributed by atoms with E-state index in [9.17, 15) is 4.79 Å². The summed E-state index contributed by atoms with van der Waals surface area (Å²) in [5.74, 6) is 5.43. The Hall–Kier alpha value is -2.60. The number of nitrogens with two attached hydrogens (primary N) is 1. The maximum absolute atomic E-state index is 10.8. The molecule has 0 fully saturated rings. The number of carbonyl (C=O) groups is 1. The first-order valence-corrected chi connectivity index (χ1v) is 5.08. The fourth-order valence-electron chi connectivity index (χ4n) is 1.28. The van der Waals surface area contributed by atoms with E-state index < -0.39 is 5.91 Å². The second-order valence-corrected chi connectivity index (χ2v) is 3.41. The number of benzene rings is 1. The van der Waals surface area contributed by atoms with Gasteiger partial charge in [0, 0.05) is 17.3 Å². The molecule has 0 aliphatic rings. The molecule has 0 unspecified atom stereocenters. The summed E-state index contributed by atoms with van der Waals surface area (Å²) in [5.41, 5.74) is 7.02. The number of carbonyl (C=O) groups excluding carboxylic acids is 1. The first kappa shape index (κ1) is 10.9. The normalized spacial score (nSPS) is 9.18. The van der Waals surface area contributed by atoms with Gasteiger partial charge in [0.15, 0.2) is 0 Å². The maximum Gasteiger partial charge on any atom is 0.267 e. The van der Waals surface area contributed by atoms with Gasteiger partial charge in [-0.3, -0.25) is 4.79 Å². The standard InChI is InChI=1S/C14H10N2O/c15-14(17)13-9-8-12(10-16-13)7-6-11-4-2-1-3-5-11/h1-5,8-10H,(H2,15,17). The van der Waals surface area contributed by atoms with Gasteiger partial charge in [-0.2, -0.15) is 0 Å². The molecule has 3 heteroatoms. The van der Waals surface area contributed by atoms with Crippen molar-refractivity contribution in [3.63, 3.8) is 0 Å². The lowest BCUT2D eigenvalue weighted by atomic mass is 10.2. The highest BCUT2D eigenvalue weighted by Gasteiger charge is 1.99. The van der Waals surface area contributed by atoms with Crippen molar-refractivity contribution in [1.82, 2.24) is 4.98 Å². The van der Waals surface area contributed by atoms with Crippen molar-refractivity contribution in [1.29, 1.82) is 0 Å². The summed E-state index contributed by atoms with van der Waals surface area (Å²) in [6, 6.07) is 12.9. The molecule has 1 aromatic heterocycles. The molecule has 0 aliphatic heterocycles. The average molecular weight is 222 g/mol. The summed E-state index contributed by atoms with van der Waals surface area (Å²) < 4.78 is 0. The van der Waals surface area contributed by atoms with Crippen LogP contribution in [0.5, 0.6) is 0 Å². The molecule has 2 N–H and O–H groups in total. The van der Waals surface area contributed by atoms with Crippen LogP contribution in [0.4, 0.5) is 0 Å². The Morgan fingerprint density at radius 2 is 1.71 bits per heavy atom.